The zero-order valence-corrected chi connectivity index (χ0v) is 13.2. The van der Waals surface area contributed by atoms with Gasteiger partial charge < -0.3 is 14.1 Å². The van der Waals surface area contributed by atoms with Crippen molar-refractivity contribution in [1.29, 1.82) is 0 Å². The van der Waals surface area contributed by atoms with Crippen molar-refractivity contribution in [3.63, 3.8) is 0 Å². The second-order valence-corrected chi connectivity index (χ2v) is 6.68. The summed E-state index contributed by atoms with van der Waals surface area (Å²) in [5.41, 5.74) is 1.55. The molecular weight excluding hydrogens is 320 g/mol. The average Bonchev–Trinajstić information content (AvgIpc) is 2.90. The second-order valence-electron chi connectivity index (χ2n) is 4.94. The lowest BCUT2D eigenvalue weighted by Crippen LogP contribution is -2.09. The summed E-state index contributed by atoms with van der Waals surface area (Å²) in [5.74, 6) is 0.443. The molecule has 2 heterocycles. The topological polar surface area (TPSA) is 106 Å². The number of aromatic amines is 1. The van der Waals surface area contributed by atoms with Gasteiger partial charge in [-0.2, -0.15) is 0 Å². The monoisotopic (exact) mass is 334 g/mol. The smallest absolute Gasteiger partial charge is 0.291 e. The first-order valence-electron chi connectivity index (χ1n) is 6.60. The summed E-state index contributed by atoms with van der Waals surface area (Å²) in [4.78, 5) is 18.6. The van der Waals surface area contributed by atoms with Gasteiger partial charge in [0.2, 0.25) is 15.7 Å². The number of hydrogen-bond donors (Lipinski definition) is 2. The van der Waals surface area contributed by atoms with E-state index < -0.39 is 10.0 Å². The number of rotatable bonds is 4. The molecule has 3 aromatic rings. The van der Waals surface area contributed by atoms with Gasteiger partial charge in [-0.1, -0.05) is 0 Å². The standard InChI is InChI=1S/C14H14N4O4S/c1-22-12-7-9(17-23(2,20)21)3-4-10(12)11-8-18-6-5-15-14(19)13(18)16-11/h3-8,17H,1-2H3,(H,15,19). The van der Waals surface area contributed by atoms with Gasteiger partial charge in [-0.15, -0.1) is 0 Å². The number of hydrogen-bond acceptors (Lipinski definition) is 5. The van der Waals surface area contributed by atoms with Crippen LogP contribution in [0.3, 0.4) is 0 Å². The van der Waals surface area contributed by atoms with Gasteiger partial charge in [0, 0.05) is 30.2 Å². The molecule has 0 atom stereocenters. The van der Waals surface area contributed by atoms with Crippen LogP contribution in [0.1, 0.15) is 0 Å². The number of nitrogens with zero attached hydrogens (tertiary/aromatic N) is 2. The zero-order valence-electron chi connectivity index (χ0n) is 12.4. The minimum Gasteiger partial charge on any atom is -0.496 e. The van der Waals surface area contributed by atoms with E-state index in [0.717, 1.165) is 6.26 Å². The van der Waals surface area contributed by atoms with Crippen molar-refractivity contribution in [1.82, 2.24) is 14.4 Å². The molecule has 2 aromatic heterocycles. The molecule has 8 nitrogen and oxygen atoms in total. The van der Waals surface area contributed by atoms with Gasteiger partial charge >= 0.3 is 0 Å². The highest BCUT2D eigenvalue weighted by Gasteiger charge is 2.13. The molecular formula is C14H14N4O4S. The van der Waals surface area contributed by atoms with E-state index in [9.17, 15) is 13.2 Å². The maximum Gasteiger partial charge on any atom is 0.291 e. The molecule has 3 rings (SSSR count). The average molecular weight is 334 g/mol. The minimum atomic E-state index is -3.38. The number of H-pyrrole nitrogens is 1. The molecule has 0 radical (unpaired) electrons. The molecule has 0 saturated heterocycles. The largest absolute Gasteiger partial charge is 0.496 e. The molecule has 0 amide bonds. The Morgan fingerprint density at radius 1 is 1.35 bits per heavy atom. The summed E-state index contributed by atoms with van der Waals surface area (Å²) >= 11 is 0. The fraction of sp³-hybridized carbons (Fsp3) is 0.143. The van der Waals surface area contributed by atoms with Crippen LogP contribution in [-0.2, 0) is 10.0 Å². The molecule has 0 aliphatic rings. The van der Waals surface area contributed by atoms with E-state index in [2.05, 4.69) is 14.7 Å². The van der Waals surface area contributed by atoms with Crippen LogP contribution in [0.2, 0.25) is 0 Å². The van der Waals surface area contributed by atoms with Crippen molar-refractivity contribution in [2.45, 2.75) is 0 Å². The molecule has 23 heavy (non-hydrogen) atoms. The maximum atomic E-state index is 11.7. The van der Waals surface area contributed by atoms with E-state index in [1.54, 1.807) is 35.0 Å². The van der Waals surface area contributed by atoms with Crippen molar-refractivity contribution in [2.75, 3.05) is 18.1 Å². The first-order valence-corrected chi connectivity index (χ1v) is 8.49. The van der Waals surface area contributed by atoms with Crippen LogP contribution in [-0.4, -0.2) is 36.2 Å². The Morgan fingerprint density at radius 2 is 2.13 bits per heavy atom. The third kappa shape index (κ3) is 3.04. The zero-order chi connectivity index (χ0) is 16.6. The normalized spacial score (nSPS) is 11.6. The van der Waals surface area contributed by atoms with E-state index in [-0.39, 0.29) is 11.2 Å². The van der Waals surface area contributed by atoms with Crippen molar-refractivity contribution < 1.29 is 13.2 Å². The van der Waals surface area contributed by atoms with Gasteiger partial charge in [0.15, 0.2) is 0 Å². The van der Waals surface area contributed by atoms with E-state index in [1.807, 2.05) is 0 Å². The Morgan fingerprint density at radius 3 is 2.78 bits per heavy atom. The van der Waals surface area contributed by atoms with Gasteiger partial charge in [-0.05, 0) is 12.1 Å². The second kappa shape index (κ2) is 5.43. The summed E-state index contributed by atoms with van der Waals surface area (Å²) in [6, 6.07) is 4.85. The molecule has 120 valence electrons. The molecule has 0 aliphatic heterocycles. The number of sulfonamides is 1. The van der Waals surface area contributed by atoms with Crippen LogP contribution in [0.25, 0.3) is 16.9 Å². The minimum absolute atomic E-state index is 0.267. The Balaban J connectivity index is 2.11. The van der Waals surface area contributed by atoms with Crippen molar-refractivity contribution in [3.05, 3.63) is 47.1 Å². The Bertz CT molecular complexity index is 1040. The third-order valence-corrected chi connectivity index (χ3v) is 3.77. The van der Waals surface area contributed by atoms with Gasteiger partial charge in [0.1, 0.15) is 5.75 Å². The molecule has 0 saturated carbocycles. The Labute approximate surface area is 131 Å². The molecule has 0 spiro atoms. The van der Waals surface area contributed by atoms with Crippen LogP contribution >= 0.6 is 0 Å². The molecule has 0 fully saturated rings. The number of nitrogens with one attached hydrogen (secondary N) is 2. The van der Waals surface area contributed by atoms with Crippen molar-refractivity contribution >= 4 is 21.4 Å². The number of benzene rings is 1. The van der Waals surface area contributed by atoms with Crippen molar-refractivity contribution in [3.8, 4) is 17.0 Å². The fourth-order valence-corrected chi connectivity index (χ4v) is 2.80. The van der Waals surface area contributed by atoms with Crippen molar-refractivity contribution in [2.24, 2.45) is 0 Å². The molecule has 1 aromatic carbocycles. The van der Waals surface area contributed by atoms with Crippen LogP contribution in [0.5, 0.6) is 5.75 Å². The number of fused-ring (bicyclic) bond motifs is 1. The van der Waals surface area contributed by atoms with E-state index in [1.165, 1.54) is 13.3 Å². The predicted octanol–water partition coefficient (Wildman–Crippen LogP) is 1.07. The SMILES string of the molecule is COc1cc(NS(C)(=O)=O)ccc1-c1cn2cc[nH]c(=O)c2n1. The molecule has 9 heteroatoms. The van der Waals surface area contributed by atoms with Gasteiger partial charge in [-0.25, -0.2) is 13.4 Å². The lowest BCUT2D eigenvalue weighted by atomic mass is 10.1. The first kappa shape index (κ1) is 15.1. The number of aromatic nitrogens is 3. The lowest BCUT2D eigenvalue weighted by Gasteiger charge is -2.09. The highest BCUT2D eigenvalue weighted by Crippen LogP contribution is 2.32. The maximum absolute atomic E-state index is 11.7. The van der Waals surface area contributed by atoms with Crippen LogP contribution < -0.4 is 15.0 Å². The summed E-state index contributed by atoms with van der Waals surface area (Å²) in [5, 5.41) is 0. The van der Waals surface area contributed by atoms with Crippen LogP contribution in [0, 0.1) is 0 Å². The summed E-state index contributed by atoms with van der Waals surface area (Å²) in [7, 11) is -1.90. The van der Waals surface area contributed by atoms with Gasteiger partial charge in [0.25, 0.3) is 5.56 Å². The van der Waals surface area contributed by atoms with Gasteiger partial charge in [0.05, 0.1) is 24.7 Å². The molecule has 2 N–H and O–H groups in total. The predicted molar refractivity (Wildman–Crippen MR) is 86.3 cm³/mol. The number of anilines is 1. The highest BCUT2D eigenvalue weighted by atomic mass is 32.2. The van der Waals surface area contributed by atoms with Crippen LogP contribution in [0.4, 0.5) is 5.69 Å². The number of methoxy groups -OCH3 is 1. The number of ether oxygens (including phenoxy) is 1. The van der Waals surface area contributed by atoms with Crippen LogP contribution in [0.15, 0.2) is 41.6 Å². The van der Waals surface area contributed by atoms with Gasteiger partial charge in [-0.3, -0.25) is 9.52 Å². The molecule has 0 unspecified atom stereocenters. The summed E-state index contributed by atoms with van der Waals surface area (Å²) < 4.78 is 31.9. The third-order valence-electron chi connectivity index (χ3n) is 3.17. The number of imidazole rings is 1. The molecule has 0 aliphatic carbocycles. The summed E-state index contributed by atoms with van der Waals surface area (Å²) in [6.07, 6.45) is 5.98. The Kier molecular flexibility index (Phi) is 3.57. The van der Waals surface area contributed by atoms with E-state index >= 15 is 0 Å². The molecule has 0 bridgehead atoms. The van der Waals surface area contributed by atoms with E-state index in [4.69, 9.17) is 4.74 Å². The fourth-order valence-electron chi connectivity index (χ4n) is 2.24. The lowest BCUT2D eigenvalue weighted by molar-refractivity contribution is 0.416. The summed E-state index contributed by atoms with van der Waals surface area (Å²) in [6.45, 7) is 0. The van der Waals surface area contributed by atoms with E-state index in [0.29, 0.717) is 22.7 Å². The first-order chi connectivity index (χ1) is 10.9. The quantitative estimate of drug-likeness (QED) is 0.742. The Hall–Kier alpha value is -2.81. The highest BCUT2D eigenvalue weighted by molar-refractivity contribution is 7.92.